The Morgan fingerprint density at radius 2 is 1.98 bits per heavy atom. The summed E-state index contributed by atoms with van der Waals surface area (Å²) in [6, 6.07) is 15.8. The van der Waals surface area contributed by atoms with Crippen LogP contribution in [0.1, 0.15) is 55.3 Å². The van der Waals surface area contributed by atoms with Crippen LogP contribution in [0.3, 0.4) is 0 Å². The number of nitrogens with zero attached hydrogens (tertiary/aromatic N) is 6. The Morgan fingerprint density at radius 3 is 2.75 bits per heavy atom. The van der Waals surface area contributed by atoms with Gasteiger partial charge in [-0.15, -0.1) is 4.98 Å². The van der Waals surface area contributed by atoms with Crippen LogP contribution >= 0.6 is 0 Å². The van der Waals surface area contributed by atoms with Crippen molar-refractivity contribution >= 4 is 17.4 Å². The molecule has 1 atom stereocenters. The molecule has 0 fully saturated rings. The number of Topliss-reactive ketones (excluding diaryl/α,β-unsaturated/α-hetero) is 1. The van der Waals surface area contributed by atoms with Crippen molar-refractivity contribution < 1.29 is 14.7 Å². The fourth-order valence-corrected chi connectivity index (χ4v) is 5.86. The fraction of sp³-hybridized carbons (Fsp3) is 0.441. The highest BCUT2D eigenvalue weighted by Gasteiger charge is 2.25. The molecule has 3 N–H and O–H groups in total. The van der Waals surface area contributed by atoms with E-state index in [1.54, 1.807) is 13.1 Å². The van der Waals surface area contributed by atoms with Crippen molar-refractivity contribution in [1.82, 2.24) is 24.6 Å². The molecule has 232 valence electrons. The summed E-state index contributed by atoms with van der Waals surface area (Å²) >= 11 is 0. The van der Waals surface area contributed by atoms with E-state index in [1.807, 2.05) is 37.3 Å². The van der Waals surface area contributed by atoms with Crippen molar-refractivity contribution in [1.29, 1.82) is 0 Å². The Hall–Kier alpha value is -4.31. The summed E-state index contributed by atoms with van der Waals surface area (Å²) in [4.78, 5) is 24.3. The van der Waals surface area contributed by atoms with Gasteiger partial charge in [0, 0.05) is 37.4 Å². The van der Waals surface area contributed by atoms with Crippen molar-refractivity contribution in [3.8, 4) is 11.1 Å². The minimum absolute atomic E-state index is 0.0198. The molecule has 3 aromatic heterocycles. The number of carbonyl (C=O) groups excluding carboxylic acids is 1. The number of fused-ring (bicyclic) bond motifs is 1. The zero-order chi connectivity index (χ0) is 30.9. The summed E-state index contributed by atoms with van der Waals surface area (Å²) < 4.78 is 3.02. The number of carbonyl (C=O) groups is 1. The van der Waals surface area contributed by atoms with Crippen LogP contribution in [-0.4, -0.2) is 67.9 Å². The summed E-state index contributed by atoms with van der Waals surface area (Å²) in [7, 11) is 0. The number of benzene rings is 1. The first-order valence-corrected chi connectivity index (χ1v) is 15.7. The topological polar surface area (TPSA) is 112 Å². The molecule has 1 aliphatic heterocycles. The zero-order valence-electron chi connectivity index (χ0n) is 26.2. The van der Waals surface area contributed by atoms with E-state index in [2.05, 4.69) is 55.4 Å². The summed E-state index contributed by atoms with van der Waals surface area (Å²) in [5.41, 5.74) is 6.26. The quantitative estimate of drug-likeness (QED) is 0.103. The second kappa shape index (κ2) is 14.9. The molecule has 4 heterocycles. The van der Waals surface area contributed by atoms with Crippen LogP contribution in [0.15, 0.2) is 61.1 Å². The van der Waals surface area contributed by atoms with E-state index < -0.39 is 6.04 Å². The summed E-state index contributed by atoms with van der Waals surface area (Å²) in [5.74, 6) is 1.52. The van der Waals surface area contributed by atoms with Gasteiger partial charge in [0.25, 0.3) is 12.1 Å². The molecule has 0 unspecified atom stereocenters. The molecule has 0 bridgehead atoms. The van der Waals surface area contributed by atoms with Crippen LogP contribution in [-0.2, 0) is 24.2 Å². The number of nitrogens with one attached hydrogen (secondary N) is 2. The lowest BCUT2D eigenvalue weighted by atomic mass is 10.1. The molecule has 0 radical (unpaired) electrons. The molecule has 0 spiro atoms. The third-order valence-corrected chi connectivity index (χ3v) is 8.32. The van der Waals surface area contributed by atoms with Gasteiger partial charge in [-0.05, 0) is 82.7 Å². The highest BCUT2D eigenvalue weighted by atomic mass is 16.5. The Balaban J connectivity index is 1.23. The first-order chi connectivity index (χ1) is 21.4. The normalized spacial score (nSPS) is 13.4. The van der Waals surface area contributed by atoms with Crippen molar-refractivity contribution in [3.63, 3.8) is 0 Å². The molecule has 0 saturated carbocycles. The van der Waals surface area contributed by atoms with E-state index in [0.717, 1.165) is 104 Å². The minimum Gasteiger partial charge on any atom is -0.371 e. The average molecular weight is 598 g/mol. The van der Waals surface area contributed by atoms with Gasteiger partial charge in [-0.25, -0.2) is 4.98 Å². The smallest absolute Gasteiger partial charge is 0.271 e. The van der Waals surface area contributed by atoms with Gasteiger partial charge in [-0.3, -0.25) is 14.8 Å². The number of unbranched alkanes of at least 4 members (excludes halogenated alkanes) is 1. The van der Waals surface area contributed by atoms with Crippen LogP contribution in [0.2, 0.25) is 0 Å². The van der Waals surface area contributed by atoms with Crippen LogP contribution in [0.25, 0.3) is 11.1 Å². The summed E-state index contributed by atoms with van der Waals surface area (Å²) in [6.07, 6.45) is 8.91. The Labute approximate surface area is 260 Å². The minimum atomic E-state index is -0.471. The van der Waals surface area contributed by atoms with Gasteiger partial charge in [0.2, 0.25) is 0 Å². The first-order valence-electron chi connectivity index (χ1n) is 15.7. The maximum atomic E-state index is 12.9. The SMILES string of the molecule is CC(=O)[C@H](CCN(CCCCc1ccc2c(n1)NCCC2)CCn1nc(C)cc1C)Nc1c(-c2ccccc2)cnc[n+]1O. The third kappa shape index (κ3) is 8.19. The number of ketones is 1. The Kier molecular flexibility index (Phi) is 10.6. The maximum Gasteiger partial charge on any atom is 0.271 e. The molecule has 4 aromatic rings. The van der Waals surface area contributed by atoms with E-state index >= 15 is 0 Å². The molecule has 44 heavy (non-hydrogen) atoms. The molecule has 0 amide bonds. The molecule has 10 heteroatoms. The highest BCUT2D eigenvalue weighted by Crippen LogP contribution is 2.25. The molecular formula is C34H45N8O2+. The first kappa shape index (κ1) is 31.1. The number of aromatic nitrogens is 5. The fourth-order valence-electron chi connectivity index (χ4n) is 5.86. The zero-order valence-corrected chi connectivity index (χ0v) is 26.2. The van der Waals surface area contributed by atoms with E-state index in [9.17, 15) is 10.0 Å². The molecule has 0 aliphatic carbocycles. The third-order valence-electron chi connectivity index (χ3n) is 8.32. The largest absolute Gasteiger partial charge is 0.371 e. The van der Waals surface area contributed by atoms with Crippen LogP contribution in [0.4, 0.5) is 11.6 Å². The van der Waals surface area contributed by atoms with Gasteiger partial charge in [0.05, 0.1) is 17.8 Å². The van der Waals surface area contributed by atoms with Gasteiger partial charge in [-0.2, -0.15) is 5.10 Å². The van der Waals surface area contributed by atoms with Gasteiger partial charge >= 0.3 is 0 Å². The maximum absolute atomic E-state index is 12.9. The standard InChI is InChI=1S/C34H44N8O2/c1-25-22-26(2)41(39-25)21-20-40(18-8-7-13-30-15-14-29-12-9-17-36-33(29)37-30)19-16-32(27(3)43)38-34-31(23-35-24-42(34)44)28-10-5-4-6-11-28/h4-6,10-11,14-15,22-24,32,44H,7-9,12-13,16-21H2,1-3H3,(H,36,37)/p+1/t32-/m0/s1. The van der Waals surface area contributed by atoms with E-state index in [-0.39, 0.29) is 5.78 Å². The Bertz CT molecular complexity index is 1540. The number of hydrogen-bond acceptors (Lipinski definition) is 8. The number of rotatable bonds is 15. The van der Waals surface area contributed by atoms with Crippen molar-refractivity contribution in [2.45, 2.75) is 71.9 Å². The Morgan fingerprint density at radius 1 is 1.14 bits per heavy atom. The number of anilines is 2. The lowest BCUT2D eigenvalue weighted by Crippen LogP contribution is -2.41. The molecular weight excluding hydrogens is 552 g/mol. The van der Waals surface area contributed by atoms with Gasteiger partial charge in [-0.1, -0.05) is 41.1 Å². The van der Waals surface area contributed by atoms with E-state index in [4.69, 9.17) is 4.98 Å². The number of hydrogen-bond donors (Lipinski definition) is 3. The predicted octanol–water partition coefficient (Wildman–Crippen LogP) is 4.62. The number of aryl methyl sites for hydroxylation is 4. The summed E-state index contributed by atoms with van der Waals surface area (Å²) in [5, 5.41) is 22.1. The van der Waals surface area contributed by atoms with Gasteiger partial charge in [0.15, 0.2) is 5.78 Å². The molecule has 10 nitrogen and oxygen atoms in total. The second-order valence-corrected chi connectivity index (χ2v) is 11.8. The van der Waals surface area contributed by atoms with Crippen molar-refractivity contribution in [2.24, 2.45) is 0 Å². The summed E-state index contributed by atoms with van der Waals surface area (Å²) in [6.45, 7) is 9.97. The lowest BCUT2D eigenvalue weighted by Gasteiger charge is -2.25. The highest BCUT2D eigenvalue weighted by molar-refractivity contribution is 5.85. The molecule has 5 rings (SSSR count). The molecule has 1 aromatic carbocycles. The van der Waals surface area contributed by atoms with E-state index in [0.29, 0.717) is 12.2 Å². The number of pyridine rings is 1. The van der Waals surface area contributed by atoms with Crippen molar-refractivity contribution in [3.05, 3.63) is 83.7 Å². The van der Waals surface area contributed by atoms with Crippen LogP contribution in [0, 0.1) is 13.8 Å². The average Bonchev–Trinajstić information content (AvgIpc) is 3.36. The van der Waals surface area contributed by atoms with Crippen LogP contribution < -0.4 is 15.4 Å². The monoisotopic (exact) mass is 597 g/mol. The van der Waals surface area contributed by atoms with E-state index in [1.165, 1.54) is 11.9 Å². The molecule has 1 aliphatic rings. The van der Waals surface area contributed by atoms with Crippen molar-refractivity contribution in [2.75, 3.05) is 36.8 Å². The second-order valence-electron chi connectivity index (χ2n) is 11.8. The van der Waals surface area contributed by atoms with Gasteiger partial charge in [0.1, 0.15) is 18.1 Å². The molecule has 0 saturated heterocycles. The lowest BCUT2D eigenvalue weighted by molar-refractivity contribution is -0.895. The predicted molar refractivity (Wildman–Crippen MR) is 172 cm³/mol. The van der Waals surface area contributed by atoms with Gasteiger partial charge < -0.3 is 15.4 Å². The van der Waals surface area contributed by atoms with Crippen LogP contribution in [0.5, 0.6) is 0 Å².